The van der Waals surface area contributed by atoms with E-state index in [4.69, 9.17) is 4.98 Å². The maximum absolute atomic E-state index is 14.0. The zero-order chi connectivity index (χ0) is 26.2. The van der Waals surface area contributed by atoms with Gasteiger partial charge in [-0.3, -0.25) is 9.69 Å². The molecule has 38 heavy (non-hydrogen) atoms. The standard InChI is InChI=1S/C31H42N4O3/c1-31(2)20-11-10-19(24(31)16-20)12-14-33-21-6-5-7-22(33)18-23(17-21)35-26-9-4-3-8-25(26)32-28(29(35)36)34-15-13-27(34)30(37)38/h3-4,8-9,19-24,27H,5-7,10-18H2,1-2H3,(H,37,38)/t19-,20-,21-,22+,23+,24-,27+/m0/s1. The smallest absolute Gasteiger partial charge is 0.326 e. The highest BCUT2D eigenvalue weighted by Crippen LogP contribution is 2.62. The Labute approximate surface area is 225 Å². The summed E-state index contributed by atoms with van der Waals surface area (Å²) in [5.74, 6) is 2.18. The zero-order valence-corrected chi connectivity index (χ0v) is 22.9. The summed E-state index contributed by atoms with van der Waals surface area (Å²) < 4.78 is 2.00. The first-order chi connectivity index (χ1) is 18.3. The van der Waals surface area contributed by atoms with Gasteiger partial charge in [-0.05, 0) is 99.6 Å². The van der Waals surface area contributed by atoms with Gasteiger partial charge in [0.25, 0.3) is 5.56 Å². The summed E-state index contributed by atoms with van der Waals surface area (Å²) in [7, 11) is 0. The molecule has 1 aromatic carbocycles. The number of benzene rings is 1. The maximum atomic E-state index is 14.0. The first kappa shape index (κ1) is 24.6. The van der Waals surface area contributed by atoms with Crippen molar-refractivity contribution in [3.05, 3.63) is 34.6 Å². The molecule has 4 bridgehead atoms. The van der Waals surface area contributed by atoms with E-state index in [0.29, 0.717) is 36.3 Å². The first-order valence-corrected chi connectivity index (χ1v) is 15.1. The van der Waals surface area contributed by atoms with Gasteiger partial charge in [-0.2, -0.15) is 0 Å². The number of anilines is 1. The Morgan fingerprint density at radius 1 is 1.03 bits per heavy atom. The zero-order valence-electron chi connectivity index (χ0n) is 22.9. The van der Waals surface area contributed by atoms with Gasteiger partial charge >= 0.3 is 5.97 Å². The molecule has 7 nitrogen and oxygen atoms in total. The van der Waals surface area contributed by atoms with E-state index in [1.54, 1.807) is 4.90 Å². The Morgan fingerprint density at radius 2 is 1.79 bits per heavy atom. The topological polar surface area (TPSA) is 78.7 Å². The molecule has 8 rings (SSSR count). The average molecular weight is 519 g/mol. The number of hydrogen-bond donors (Lipinski definition) is 1. The van der Waals surface area contributed by atoms with Crippen LogP contribution in [0.4, 0.5) is 5.82 Å². The van der Waals surface area contributed by atoms with E-state index in [1.165, 1.54) is 51.5 Å². The SMILES string of the molecule is CC1(C)[C@H]2CC[C@@H](CCN3[C@@H]4CCC[C@H]3C[C@@H](n3c(=O)c(N5CC[C@@H]5C(=O)O)nc5ccccc53)C4)[C@@H]1C2. The third-order valence-electron chi connectivity index (χ3n) is 11.6. The molecule has 7 atom stereocenters. The van der Waals surface area contributed by atoms with E-state index < -0.39 is 12.0 Å². The number of carboxylic acid groups (broad SMARTS) is 1. The van der Waals surface area contributed by atoms with Gasteiger partial charge in [0.15, 0.2) is 5.82 Å². The lowest BCUT2D eigenvalue weighted by Gasteiger charge is -2.60. The summed E-state index contributed by atoms with van der Waals surface area (Å²) in [5, 5.41) is 9.63. The Hall–Kier alpha value is -2.41. The number of aromatic nitrogens is 2. The first-order valence-electron chi connectivity index (χ1n) is 15.1. The average Bonchev–Trinajstić information content (AvgIpc) is 2.86. The predicted molar refractivity (Wildman–Crippen MR) is 149 cm³/mol. The molecule has 3 aliphatic heterocycles. The van der Waals surface area contributed by atoms with Crippen molar-refractivity contribution in [2.75, 3.05) is 18.0 Å². The third-order valence-corrected chi connectivity index (χ3v) is 11.6. The molecule has 3 saturated heterocycles. The van der Waals surface area contributed by atoms with Crippen molar-refractivity contribution in [3.63, 3.8) is 0 Å². The van der Waals surface area contributed by atoms with Gasteiger partial charge in [0, 0.05) is 24.7 Å². The van der Waals surface area contributed by atoms with Crippen LogP contribution < -0.4 is 10.5 Å². The van der Waals surface area contributed by atoms with Gasteiger partial charge < -0.3 is 14.6 Å². The van der Waals surface area contributed by atoms with Gasteiger partial charge in [-0.1, -0.05) is 32.4 Å². The molecule has 2 aromatic rings. The van der Waals surface area contributed by atoms with Gasteiger partial charge in [0.2, 0.25) is 0 Å². The number of carbonyl (C=O) groups is 1. The molecular weight excluding hydrogens is 476 g/mol. The summed E-state index contributed by atoms with van der Waals surface area (Å²) in [5.41, 5.74) is 2.09. The minimum atomic E-state index is -0.876. The van der Waals surface area contributed by atoms with Crippen LogP contribution in [0.2, 0.25) is 0 Å². The van der Waals surface area contributed by atoms with Crippen LogP contribution in [-0.4, -0.2) is 56.7 Å². The van der Waals surface area contributed by atoms with Crippen LogP contribution in [0, 0.1) is 23.2 Å². The van der Waals surface area contributed by atoms with Crippen molar-refractivity contribution in [2.45, 2.75) is 102 Å². The number of rotatable bonds is 6. The largest absolute Gasteiger partial charge is 0.480 e. The van der Waals surface area contributed by atoms with Gasteiger partial charge in [-0.15, -0.1) is 0 Å². The lowest BCUT2D eigenvalue weighted by molar-refractivity contribution is -0.140. The van der Waals surface area contributed by atoms with E-state index in [2.05, 4.69) is 18.7 Å². The lowest BCUT2D eigenvalue weighted by Crippen LogP contribution is -2.56. The fourth-order valence-corrected chi connectivity index (χ4v) is 9.24. The fourth-order valence-electron chi connectivity index (χ4n) is 9.24. The number of para-hydroxylation sites is 2. The van der Waals surface area contributed by atoms with Gasteiger partial charge in [-0.25, -0.2) is 9.78 Å². The second-order valence-electron chi connectivity index (χ2n) is 13.5. The Bertz CT molecular complexity index is 1290. The number of piperidine rings is 2. The fraction of sp³-hybridized carbons (Fsp3) is 0.710. The van der Waals surface area contributed by atoms with Crippen molar-refractivity contribution in [2.24, 2.45) is 23.2 Å². The van der Waals surface area contributed by atoms with Crippen molar-refractivity contribution in [3.8, 4) is 0 Å². The van der Waals surface area contributed by atoms with Crippen molar-refractivity contribution in [1.29, 1.82) is 0 Å². The Balaban J connectivity index is 1.15. The number of nitrogens with zero attached hydrogens (tertiary/aromatic N) is 4. The van der Waals surface area contributed by atoms with E-state index >= 15 is 0 Å². The third kappa shape index (κ3) is 3.75. The number of carboxylic acids is 1. The highest BCUT2D eigenvalue weighted by molar-refractivity contribution is 5.81. The molecule has 6 fully saturated rings. The van der Waals surface area contributed by atoms with Crippen LogP contribution in [0.3, 0.4) is 0 Å². The molecule has 1 N–H and O–H groups in total. The van der Waals surface area contributed by atoms with Crippen LogP contribution in [0.5, 0.6) is 0 Å². The van der Waals surface area contributed by atoms with Crippen molar-refractivity contribution < 1.29 is 9.90 Å². The number of aliphatic carboxylic acids is 1. The van der Waals surface area contributed by atoms with E-state index in [-0.39, 0.29) is 11.6 Å². The molecular formula is C31H42N4O3. The summed E-state index contributed by atoms with van der Waals surface area (Å²) >= 11 is 0. The normalized spacial score (nSPS) is 35.9. The predicted octanol–water partition coefficient (Wildman–Crippen LogP) is 5.08. The number of fused-ring (bicyclic) bond motifs is 5. The Kier molecular flexibility index (Phi) is 5.88. The lowest BCUT2D eigenvalue weighted by atomic mass is 9.45. The molecule has 204 valence electrons. The molecule has 4 heterocycles. The van der Waals surface area contributed by atoms with Crippen LogP contribution >= 0.6 is 0 Å². The highest BCUT2D eigenvalue weighted by atomic mass is 16.4. The summed E-state index contributed by atoms with van der Waals surface area (Å²) in [4.78, 5) is 34.9. The monoisotopic (exact) mass is 518 g/mol. The second kappa shape index (κ2) is 9.07. The molecule has 0 spiro atoms. The minimum Gasteiger partial charge on any atom is -0.480 e. The molecule has 3 aliphatic carbocycles. The molecule has 0 radical (unpaired) electrons. The van der Waals surface area contributed by atoms with E-state index in [9.17, 15) is 14.7 Å². The van der Waals surface area contributed by atoms with Crippen LogP contribution in [0.15, 0.2) is 29.1 Å². The van der Waals surface area contributed by atoms with E-state index in [1.807, 2.05) is 28.8 Å². The van der Waals surface area contributed by atoms with Crippen molar-refractivity contribution in [1.82, 2.24) is 14.5 Å². The quantitative estimate of drug-likeness (QED) is 0.575. The minimum absolute atomic E-state index is 0.116. The van der Waals surface area contributed by atoms with Gasteiger partial charge in [0.05, 0.1) is 11.0 Å². The van der Waals surface area contributed by atoms with Crippen LogP contribution in [0.1, 0.15) is 84.1 Å². The molecule has 1 aromatic heterocycles. The highest BCUT2D eigenvalue weighted by Gasteiger charge is 2.54. The Morgan fingerprint density at radius 3 is 2.45 bits per heavy atom. The van der Waals surface area contributed by atoms with Crippen molar-refractivity contribution >= 4 is 22.8 Å². The molecule has 3 saturated carbocycles. The summed E-state index contributed by atoms with van der Waals surface area (Å²) in [6.45, 7) is 6.78. The van der Waals surface area contributed by atoms with Crippen LogP contribution in [-0.2, 0) is 4.79 Å². The maximum Gasteiger partial charge on any atom is 0.326 e. The summed E-state index contributed by atoms with van der Waals surface area (Å²) in [6, 6.07) is 8.43. The molecule has 7 heteroatoms. The summed E-state index contributed by atoms with van der Waals surface area (Å²) in [6.07, 6.45) is 11.9. The molecule has 0 unspecified atom stereocenters. The van der Waals surface area contributed by atoms with Gasteiger partial charge in [0.1, 0.15) is 6.04 Å². The van der Waals surface area contributed by atoms with Crippen LogP contribution in [0.25, 0.3) is 11.0 Å². The second-order valence-corrected chi connectivity index (χ2v) is 13.5. The van der Waals surface area contributed by atoms with E-state index in [0.717, 1.165) is 41.6 Å². The molecule has 6 aliphatic rings. The molecule has 0 amide bonds. The number of hydrogen-bond acceptors (Lipinski definition) is 5.